The van der Waals surface area contributed by atoms with Crippen molar-refractivity contribution in [1.29, 1.82) is 0 Å². The van der Waals surface area contributed by atoms with Crippen LogP contribution in [0.15, 0.2) is 29.2 Å². The number of aryl methyl sites for hydroxylation is 1. The van der Waals surface area contributed by atoms with Crippen LogP contribution in [-0.2, 0) is 21.2 Å². The van der Waals surface area contributed by atoms with E-state index in [1.165, 1.54) is 24.6 Å². The standard InChI is InChI=1S/C15H21NO3S2/c1-2-3-4-5-12-6-8-13(9-7-12)21(18,19)16-14-10-11-20-15(14)17/h6-9,14,16H,2-5,10-11H2,1H3. The number of thioether (sulfide) groups is 1. The lowest BCUT2D eigenvalue weighted by atomic mass is 10.1. The van der Waals surface area contributed by atoms with Crippen molar-refractivity contribution >= 4 is 26.9 Å². The molecule has 6 heteroatoms. The second kappa shape index (κ2) is 7.42. The summed E-state index contributed by atoms with van der Waals surface area (Å²) >= 11 is 1.19. The third-order valence-corrected chi connectivity index (χ3v) is 6.03. The first-order valence-electron chi connectivity index (χ1n) is 7.31. The molecule has 1 heterocycles. The molecule has 1 fully saturated rings. The molecule has 1 saturated heterocycles. The van der Waals surface area contributed by atoms with E-state index < -0.39 is 16.1 Å². The Kier molecular flexibility index (Phi) is 5.84. The number of sulfonamides is 1. The van der Waals surface area contributed by atoms with Crippen LogP contribution >= 0.6 is 11.8 Å². The molecule has 0 bridgehead atoms. The van der Waals surface area contributed by atoms with E-state index in [9.17, 15) is 13.2 Å². The number of hydrogen-bond acceptors (Lipinski definition) is 4. The predicted octanol–water partition coefficient (Wildman–Crippen LogP) is 2.73. The van der Waals surface area contributed by atoms with Gasteiger partial charge in [-0.25, -0.2) is 8.42 Å². The van der Waals surface area contributed by atoms with Crippen LogP contribution in [0.1, 0.15) is 38.2 Å². The highest BCUT2D eigenvalue weighted by molar-refractivity contribution is 8.14. The number of carbonyl (C=O) groups is 1. The first-order valence-corrected chi connectivity index (χ1v) is 9.77. The second-order valence-corrected chi connectivity index (χ2v) is 8.04. The molecular weight excluding hydrogens is 306 g/mol. The fourth-order valence-corrected chi connectivity index (χ4v) is 4.51. The maximum absolute atomic E-state index is 12.2. The largest absolute Gasteiger partial charge is 0.285 e. The molecule has 0 saturated carbocycles. The van der Waals surface area contributed by atoms with Crippen LogP contribution in [0, 0.1) is 0 Å². The third-order valence-electron chi connectivity index (χ3n) is 3.54. The summed E-state index contributed by atoms with van der Waals surface area (Å²) in [6.07, 6.45) is 5.01. The average molecular weight is 327 g/mol. The Hall–Kier alpha value is -0.850. The SMILES string of the molecule is CCCCCc1ccc(S(=O)(=O)NC2CCSC2=O)cc1. The van der Waals surface area contributed by atoms with Crippen LogP contribution in [-0.4, -0.2) is 25.3 Å². The van der Waals surface area contributed by atoms with E-state index in [2.05, 4.69) is 11.6 Å². The highest BCUT2D eigenvalue weighted by Crippen LogP contribution is 2.21. The van der Waals surface area contributed by atoms with Crippen molar-refractivity contribution < 1.29 is 13.2 Å². The number of carbonyl (C=O) groups excluding carboxylic acids is 1. The molecule has 1 aliphatic heterocycles. The topological polar surface area (TPSA) is 63.2 Å². The minimum absolute atomic E-state index is 0.0882. The van der Waals surface area contributed by atoms with Crippen molar-refractivity contribution in [3.8, 4) is 0 Å². The second-order valence-electron chi connectivity index (χ2n) is 5.23. The van der Waals surface area contributed by atoms with Gasteiger partial charge in [0.1, 0.15) is 0 Å². The van der Waals surface area contributed by atoms with Crippen LogP contribution in [0.5, 0.6) is 0 Å². The summed E-state index contributed by atoms with van der Waals surface area (Å²) in [7, 11) is -3.60. The molecule has 1 N–H and O–H groups in total. The van der Waals surface area contributed by atoms with Gasteiger partial charge in [-0.3, -0.25) is 4.79 Å². The summed E-state index contributed by atoms with van der Waals surface area (Å²) in [5.74, 6) is 0.683. The van der Waals surface area contributed by atoms with Crippen molar-refractivity contribution in [1.82, 2.24) is 4.72 Å². The summed E-state index contributed by atoms with van der Waals surface area (Å²) in [5, 5.41) is -0.0882. The van der Waals surface area contributed by atoms with E-state index >= 15 is 0 Å². The van der Waals surface area contributed by atoms with Gasteiger partial charge in [0.15, 0.2) is 0 Å². The Morgan fingerprint density at radius 3 is 2.52 bits per heavy atom. The van der Waals surface area contributed by atoms with Crippen molar-refractivity contribution in [2.24, 2.45) is 0 Å². The van der Waals surface area contributed by atoms with Crippen LogP contribution in [0.3, 0.4) is 0 Å². The monoisotopic (exact) mass is 327 g/mol. The van der Waals surface area contributed by atoms with Gasteiger partial charge in [-0.05, 0) is 37.0 Å². The van der Waals surface area contributed by atoms with E-state index in [0.717, 1.165) is 18.4 Å². The first kappa shape index (κ1) is 16.5. The Bertz CT molecular complexity index is 581. The predicted molar refractivity (Wildman–Crippen MR) is 85.9 cm³/mol. The van der Waals surface area contributed by atoms with Crippen LogP contribution in [0.4, 0.5) is 0 Å². The van der Waals surface area contributed by atoms with Gasteiger partial charge in [0, 0.05) is 5.75 Å². The summed E-state index contributed by atoms with van der Waals surface area (Å²) in [5.41, 5.74) is 1.15. The lowest BCUT2D eigenvalue weighted by molar-refractivity contribution is -0.111. The molecule has 0 aromatic heterocycles. The minimum atomic E-state index is -3.60. The Balaban J connectivity index is 2.01. The van der Waals surface area contributed by atoms with Gasteiger partial charge < -0.3 is 0 Å². The molecule has 0 spiro atoms. The Morgan fingerprint density at radius 2 is 1.95 bits per heavy atom. The van der Waals surface area contributed by atoms with Gasteiger partial charge in [-0.1, -0.05) is 43.7 Å². The molecule has 0 aliphatic carbocycles. The zero-order valence-electron chi connectivity index (χ0n) is 12.2. The minimum Gasteiger partial charge on any atom is -0.285 e. The van der Waals surface area contributed by atoms with E-state index in [4.69, 9.17) is 0 Å². The van der Waals surface area contributed by atoms with Crippen LogP contribution in [0.25, 0.3) is 0 Å². The molecule has 116 valence electrons. The van der Waals surface area contributed by atoms with Crippen molar-refractivity contribution in [3.05, 3.63) is 29.8 Å². The van der Waals surface area contributed by atoms with Gasteiger partial charge in [0.25, 0.3) is 0 Å². The molecular formula is C15H21NO3S2. The maximum atomic E-state index is 12.2. The van der Waals surface area contributed by atoms with E-state index in [-0.39, 0.29) is 10.0 Å². The number of unbranched alkanes of at least 4 members (excludes halogenated alkanes) is 2. The Morgan fingerprint density at radius 1 is 1.24 bits per heavy atom. The Labute approximate surface area is 130 Å². The van der Waals surface area contributed by atoms with Crippen molar-refractivity contribution in [3.63, 3.8) is 0 Å². The maximum Gasteiger partial charge on any atom is 0.241 e. The van der Waals surface area contributed by atoms with Crippen LogP contribution < -0.4 is 4.72 Å². The smallest absolute Gasteiger partial charge is 0.241 e. The van der Waals surface area contributed by atoms with E-state index in [1.54, 1.807) is 12.1 Å². The third kappa shape index (κ3) is 4.56. The molecule has 21 heavy (non-hydrogen) atoms. The molecule has 1 atom stereocenters. The van der Waals surface area contributed by atoms with Gasteiger partial charge in [0.2, 0.25) is 15.1 Å². The number of nitrogens with one attached hydrogen (secondary N) is 1. The fourth-order valence-electron chi connectivity index (χ4n) is 2.27. The molecule has 1 unspecified atom stereocenters. The first-order chi connectivity index (χ1) is 10.0. The van der Waals surface area contributed by atoms with Crippen molar-refractivity contribution in [2.75, 3.05) is 5.75 Å². The van der Waals surface area contributed by atoms with Crippen molar-refractivity contribution in [2.45, 2.75) is 50.0 Å². The molecule has 1 aliphatic rings. The summed E-state index contributed by atoms with van der Waals surface area (Å²) in [6.45, 7) is 2.16. The summed E-state index contributed by atoms with van der Waals surface area (Å²) in [4.78, 5) is 11.7. The zero-order valence-corrected chi connectivity index (χ0v) is 13.8. The molecule has 0 amide bonds. The van der Waals surface area contributed by atoms with Gasteiger partial charge in [-0.15, -0.1) is 0 Å². The molecule has 1 aromatic carbocycles. The van der Waals surface area contributed by atoms with Gasteiger partial charge >= 0.3 is 0 Å². The highest BCUT2D eigenvalue weighted by atomic mass is 32.2. The average Bonchev–Trinajstić information content (AvgIpc) is 2.84. The fraction of sp³-hybridized carbons (Fsp3) is 0.533. The molecule has 2 rings (SSSR count). The van der Waals surface area contributed by atoms with Gasteiger partial charge in [0.05, 0.1) is 10.9 Å². The lowest BCUT2D eigenvalue weighted by Crippen LogP contribution is -2.37. The summed E-state index contributed by atoms with van der Waals surface area (Å²) in [6, 6.07) is 6.38. The normalized spacial score (nSPS) is 19.1. The highest BCUT2D eigenvalue weighted by Gasteiger charge is 2.30. The molecule has 0 radical (unpaired) electrons. The van der Waals surface area contributed by atoms with E-state index in [1.807, 2.05) is 12.1 Å². The lowest BCUT2D eigenvalue weighted by Gasteiger charge is -2.11. The number of benzene rings is 1. The molecule has 1 aromatic rings. The van der Waals surface area contributed by atoms with E-state index in [0.29, 0.717) is 12.2 Å². The zero-order chi connectivity index (χ0) is 15.3. The number of hydrogen-bond donors (Lipinski definition) is 1. The van der Waals surface area contributed by atoms with Crippen LogP contribution in [0.2, 0.25) is 0 Å². The quantitative estimate of drug-likeness (QED) is 0.782. The summed E-state index contributed by atoms with van der Waals surface area (Å²) < 4.78 is 27.0. The number of rotatable bonds is 7. The molecule has 4 nitrogen and oxygen atoms in total. The van der Waals surface area contributed by atoms with Gasteiger partial charge in [-0.2, -0.15) is 4.72 Å².